The number of quaternary nitrogens is 1. The predicted molar refractivity (Wildman–Crippen MR) is 87.5 cm³/mol. The first-order chi connectivity index (χ1) is 11.3. The maximum absolute atomic E-state index is 5.38. The molecule has 0 bridgehead atoms. The standard InChI is InChI=1S/C16H22N4O3/c1-21-14-9-12-13(10-15(14)22-2)18-11-19-16(12)17-3-4-20-5-7-23-8-6-20/h9-11H,3-8H2,1-2H3,(H,17,18,19)/p+1. The topological polar surface area (TPSA) is 69.9 Å². The van der Waals surface area contributed by atoms with Crippen molar-refractivity contribution >= 4 is 16.7 Å². The number of methoxy groups -OCH3 is 2. The van der Waals surface area contributed by atoms with Gasteiger partial charge in [0.05, 0.1) is 46.0 Å². The summed E-state index contributed by atoms with van der Waals surface area (Å²) in [5.41, 5.74) is 0.832. The lowest BCUT2D eigenvalue weighted by molar-refractivity contribution is -0.906. The first-order valence-corrected chi connectivity index (χ1v) is 7.83. The normalized spacial score (nSPS) is 15.6. The van der Waals surface area contributed by atoms with Crippen LogP contribution in [-0.4, -0.2) is 63.6 Å². The molecular formula is C16H23N4O3+. The van der Waals surface area contributed by atoms with Crippen LogP contribution in [0.15, 0.2) is 18.5 Å². The van der Waals surface area contributed by atoms with Gasteiger partial charge < -0.3 is 24.4 Å². The molecule has 3 rings (SSSR count). The minimum absolute atomic E-state index is 0.669. The summed E-state index contributed by atoms with van der Waals surface area (Å²) in [4.78, 5) is 10.2. The third-order valence-corrected chi connectivity index (χ3v) is 4.11. The Morgan fingerprint density at radius 2 is 1.87 bits per heavy atom. The molecule has 0 spiro atoms. The molecule has 1 aliphatic rings. The summed E-state index contributed by atoms with van der Waals surface area (Å²) in [6.07, 6.45) is 1.57. The van der Waals surface area contributed by atoms with E-state index >= 15 is 0 Å². The number of ether oxygens (including phenoxy) is 3. The molecule has 0 aliphatic carbocycles. The Balaban J connectivity index is 1.74. The maximum atomic E-state index is 5.38. The van der Waals surface area contributed by atoms with E-state index in [0.29, 0.717) is 11.5 Å². The van der Waals surface area contributed by atoms with Crippen LogP contribution in [0.2, 0.25) is 0 Å². The number of hydrogen-bond donors (Lipinski definition) is 2. The number of morpholine rings is 1. The van der Waals surface area contributed by atoms with E-state index < -0.39 is 0 Å². The second-order valence-corrected chi connectivity index (χ2v) is 5.49. The van der Waals surface area contributed by atoms with Gasteiger partial charge in [0.2, 0.25) is 0 Å². The van der Waals surface area contributed by atoms with E-state index in [4.69, 9.17) is 14.2 Å². The van der Waals surface area contributed by atoms with Gasteiger partial charge in [0.1, 0.15) is 25.2 Å². The van der Waals surface area contributed by atoms with E-state index in [-0.39, 0.29) is 0 Å². The summed E-state index contributed by atoms with van der Waals surface area (Å²) < 4.78 is 16.1. The fraction of sp³-hybridized carbons (Fsp3) is 0.500. The maximum Gasteiger partial charge on any atom is 0.162 e. The van der Waals surface area contributed by atoms with E-state index in [9.17, 15) is 0 Å². The number of fused-ring (bicyclic) bond motifs is 1. The number of benzene rings is 1. The highest BCUT2D eigenvalue weighted by molar-refractivity contribution is 5.91. The van der Waals surface area contributed by atoms with Crippen LogP contribution in [-0.2, 0) is 4.74 Å². The molecule has 0 radical (unpaired) electrons. The Bertz CT molecular complexity index is 659. The SMILES string of the molecule is COc1cc2ncnc(NCC[NH+]3CCOCC3)c2cc1OC. The smallest absolute Gasteiger partial charge is 0.162 e. The molecule has 124 valence electrons. The molecular weight excluding hydrogens is 296 g/mol. The van der Waals surface area contributed by atoms with Crippen molar-refractivity contribution in [1.82, 2.24) is 9.97 Å². The molecule has 1 fully saturated rings. The molecule has 23 heavy (non-hydrogen) atoms. The molecule has 1 aromatic carbocycles. The highest BCUT2D eigenvalue weighted by Crippen LogP contribution is 2.33. The Morgan fingerprint density at radius 1 is 1.13 bits per heavy atom. The van der Waals surface area contributed by atoms with Gasteiger partial charge in [-0.2, -0.15) is 0 Å². The Kier molecular flexibility index (Phi) is 5.09. The molecule has 1 saturated heterocycles. The molecule has 0 unspecified atom stereocenters. The van der Waals surface area contributed by atoms with Gasteiger partial charge in [0, 0.05) is 11.5 Å². The Morgan fingerprint density at radius 3 is 2.61 bits per heavy atom. The zero-order chi connectivity index (χ0) is 16.1. The van der Waals surface area contributed by atoms with Gasteiger partial charge in [-0.25, -0.2) is 9.97 Å². The average Bonchev–Trinajstić information content (AvgIpc) is 2.61. The van der Waals surface area contributed by atoms with Gasteiger partial charge in [0.15, 0.2) is 11.5 Å². The van der Waals surface area contributed by atoms with E-state index in [0.717, 1.165) is 56.1 Å². The lowest BCUT2D eigenvalue weighted by Crippen LogP contribution is -3.14. The molecule has 7 nitrogen and oxygen atoms in total. The Labute approximate surface area is 135 Å². The summed E-state index contributed by atoms with van der Waals surface area (Å²) in [6, 6.07) is 3.78. The fourth-order valence-corrected chi connectivity index (χ4v) is 2.79. The summed E-state index contributed by atoms with van der Waals surface area (Å²) >= 11 is 0. The van der Waals surface area contributed by atoms with Crippen molar-refractivity contribution in [2.24, 2.45) is 0 Å². The van der Waals surface area contributed by atoms with E-state index in [2.05, 4.69) is 15.3 Å². The number of anilines is 1. The zero-order valence-corrected chi connectivity index (χ0v) is 13.6. The minimum Gasteiger partial charge on any atom is -0.493 e. The van der Waals surface area contributed by atoms with Crippen LogP contribution in [0.1, 0.15) is 0 Å². The first kappa shape index (κ1) is 15.8. The van der Waals surface area contributed by atoms with Gasteiger partial charge in [-0.1, -0.05) is 0 Å². The van der Waals surface area contributed by atoms with Crippen molar-refractivity contribution < 1.29 is 19.1 Å². The van der Waals surface area contributed by atoms with Gasteiger partial charge in [-0.05, 0) is 6.07 Å². The van der Waals surface area contributed by atoms with Crippen LogP contribution in [0.25, 0.3) is 10.9 Å². The molecule has 0 atom stereocenters. The van der Waals surface area contributed by atoms with E-state index in [1.165, 1.54) is 0 Å². The lowest BCUT2D eigenvalue weighted by Gasteiger charge is -2.23. The summed E-state index contributed by atoms with van der Waals surface area (Å²) in [6.45, 7) is 5.73. The number of aromatic nitrogens is 2. The summed E-state index contributed by atoms with van der Waals surface area (Å²) in [5.74, 6) is 2.17. The average molecular weight is 319 g/mol. The van der Waals surface area contributed by atoms with Crippen molar-refractivity contribution in [3.63, 3.8) is 0 Å². The van der Waals surface area contributed by atoms with Crippen molar-refractivity contribution in [3.8, 4) is 11.5 Å². The number of nitrogens with one attached hydrogen (secondary N) is 2. The van der Waals surface area contributed by atoms with Crippen LogP contribution < -0.4 is 19.7 Å². The largest absolute Gasteiger partial charge is 0.493 e. The van der Waals surface area contributed by atoms with Gasteiger partial charge in [-0.3, -0.25) is 0 Å². The van der Waals surface area contributed by atoms with Crippen molar-refractivity contribution in [3.05, 3.63) is 18.5 Å². The molecule has 0 saturated carbocycles. The van der Waals surface area contributed by atoms with E-state index in [1.54, 1.807) is 25.4 Å². The third-order valence-electron chi connectivity index (χ3n) is 4.11. The molecule has 1 aromatic heterocycles. The van der Waals surface area contributed by atoms with Crippen LogP contribution in [0, 0.1) is 0 Å². The minimum atomic E-state index is 0.669. The Hall–Kier alpha value is -2.12. The van der Waals surface area contributed by atoms with Crippen LogP contribution in [0.4, 0.5) is 5.82 Å². The lowest BCUT2D eigenvalue weighted by atomic mass is 10.2. The second-order valence-electron chi connectivity index (χ2n) is 5.49. The number of rotatable bonds is 6. The highest BCUT2D eigenvalue weighted by Gasteiger charge is 2.14. The molecule has 2 heterocycles. The molecule has 1 aliphatic heterocycles. The predicted octanol–water partition coefficient (Wildman–Crippen LogP) is -0.0260. The molecule has 2 N–H and O–H groups in total. The van der Waals surface area contributed by atoms with Gasteiger partial charge in [0.25, 0.3) is 0 Å². The first-order valence-electron chi connectivity index (χ1n) is 7.83. The second kappa shape index (κ2) is 7.43. The summed E-state index contributed by atoms with van der Waals surface area (Å²) in [7, 11) is 3.25. The quantitative estimate of drug-likeness (QED) is 0.779. The zero-order valence-electron chi connectivity index (χ0n) is 13.6. The van der Waals surface area contributed by atoms with Crippen molar-refractivity contribution in [1.29, 1.82) is 0 Å². The number of nitrogens with zero attached hydrogens (tertiary/aromatic N) is 2. The fourth-order valence-electron chi connectivity index (χ4n) is 2.79. The van der Waals surface area contributed by atoms with Gasteiger partial charge in [-0.15, -0.1) is 0 Å². The van der Waals surface area contributed by atoms with Crippen LogP contribution in [0.3, 0.4) is 0 Å². The molecule has 2 aromatic rings. The van der Waals surface area contributed by atoms with E-state index in [1.807, 2.05) is 12.1 Å². The van der Waals surface area contributed by atoms with Crippen LogP contribution >= 0.6 is 0 Å². The van der Waals surface area contributed by atoms with Gasteiger partial charge >= 0.3 is 0 Å². The third kappa shape index (κ3) is 3.62. The number of hydrogen-bond acceptors (Lipinski definition) is 6. The van der Waals surface area contributed by atoms with Crippen molar-refractivity contribution in [2.75, 3.05) is 58.9 Å². The summed E-state index contributed by atoms with van der Waals surface area (Å²) in [5, 5.41) is 4.35. The molecule has 7 heteroatoms. The van der Waals surface area contributed by atoms with Crippen molar-refractivity contribution in [2.45, 2.75) is 0 Å². The highest BCUT2D eigenvalue weighted by atomic mass is 16.5. The molecule has 0 amide bonds. The monoisotopic (exact) mass is 319 g/mol. The van der Waals surface area contributed by atoms with Crippen LogP contribution in [0.5, 0.6) is 11.5 Å².